The molecule has 6 rings (SSSR count). The van der Waals surface area contributed by atoms with E-state index in [-0.39, 0.29) is 48.8 Å². The third-order valence-electron chi connectivity index (χ3n) is 10.2. The SMILES string of the molecule is CC[C@@]1(O)C(=O)OCc2c1cc1n(c2=O)Cc2c-1nc1ccc(NC(=O)[C@H](C)NC(=O)[C@@H](NC(=O)C(C)(C)CO)C(C)C)c3c1c2CCC3. The number of carbonyl (C=O) groups is 4. The number of pyridine rings is 2. The molecule has 13 heteroatoms. The number of nitrogens with zero attached hydrogens (tertiary/aromatic N) is 2. The maximum Gasteiger partial charge on any atom is 0.343 e. The molecule has 13 nitrogen and oxygen atoms in total. The molecule has 0 saturated carbocycles. The second kappa shape index (κ2) is 12.4. The quantitative estimate of drug-likeness (QED) is 0.166. The number of benzene rings is 1. The van der Waals surface area contributed by atoms with Crippen molar-refractivity contribution in [1.29, 1.82) is 0 Å². The number of aliphatic hydroxyl groups excluding tert-OH is 1. The lowest BCUT2D eigenvalue weighted by molar-refractivity contribution is -0.172. The molecule has 0 saturated heterocycles. The Hall–Kier alpha value is -4.62. The fourth-order valence-corrected chi connectivity index (χ4v) is 6.99. The van der Waals surface area contributed by atoms with Crippen LogP contribution in [0, 0.1) is 11.3 Å². The highest BCUT2D eigenvalue weighted by atomic mass is 16.6. The Labute approximate surface area is 283 Å². The van der Waals surface area contributed by atoms with Crippen LogP contribution in [0.1, 0.15) is 82.2 Å². The van der Waals surface area contributed by atoms with Gasteiger partial charge >= 0.3 is 5.97 Å². The molecule has 5 N–H and O–H groups in total. The molecule has 3 aromatic rings. The van der Waals surface area contributed by atoms with E-state index in [0.717, 1.165) is 34.9 Å². The zero-order chi connectivity index (χ0) is 35.6. The number of esters is 1. The molecular formula is C36H43N5O8. The lowest BCUT2D eigenvalue weighted by Crippen LogP contribution is -2.56. The summed E-state index contributed by atoms with van der Waals surface area (Å²) in [4.78, 5) is 70.5. The number of hydrogen-bond donors (Lipinski definition) is 5. The van der Waals surface area contributed by atoms with Gasteiger partial charge < -0.3 is 35.5 Å². The minimum atomic E-state index is -1.91. The fraction of sp³-hybridized carbons (Fsp3) is 0.500. The molecule has 1 aromatic carbocycles. The standard InChI is InChI=1S/C36H43N5O8/c1-7-36(48)23-13-26-29-21(14-41(26)32(45)22(23)15-49-34(36)47)19-9-8-10-20-24(11-12-25(38-29)27(19)20)39-30(43)18(4)37-31(44)28(17(2)3)40-33(46)35(5,6)16-42/h11-13,17-18,28,42,48H,7-10,14-16H2,1-6H3,(H,37,44)(H,39,43)(H,40,46)/t18-,28-,36-/m0/s1. The largest absolute Gasteiger partial charge is 0.458 e. The Balaban J connectivity index is 1.29. The van der Waals surface area contributed by atoms with Crippen molar-refractivity contribution >= 4 is 40.3 Å². The molecule has 0 spiro atoms. The predicted molar refractivity (Wildman–Crippen MR) is 180 cm³/mol. The molecule has 2 aliphatic heterocycles. The number of rotatable bonds is 9. The third-order valence-corrected chi connectivity index (χ3v) is 10.2. The lowest BCUT2D eigenvalue weighted by Gasteiger charge is -2.31. The van der Waals surface area contributed by atoms with Crippen LogP contribution in [-0.2, 0) is 55.5 Å². The highest BCUT2D eigenvalue weighted by Crippen LogP contribution is 2.43. The molecule has 0 radical (unpaired) electrons. The van der Waals surface area contributed by atoms with Crippen LogP contribution in [0.5, 0.6) is 0 Å². The van der Waals surface area contributed by atoms with Crippen LogP contribution < -0.4 is 21.5 Å². The van der Waals surface area contributed by atoms with Gasteiger partial charge in [-0.15, -0.1) is 0 Å². The monoisotopic (exact) mass is 673 g/mol. The number of nitrogens with one attached hydrogen (secondary N) is 3. The number of anilines is 1. The normalized spacial score (nSPS) is 19.0. The fourth-order valence-electron chi connectivity index (χ4n) is 6.99. The van der Waals surface area contributed by atoms with Crippen molar-refractivity contribution in [2.45, 2.75) is 98.1 Å². The van der Waals surface area contributed by atoms with Gasteiger partial charge in [-0.25, -0.2) is 9.78 Å². The summed E-state index contributed by atoms with van der Waals surface area (Å²) in [5, 5.41) is 30.1. The zero-order valence-electron chi connectivity index (χ0n) is 28.7. The van der Waals surface area contributed by atoms with Gasteiger partial charge in [0.05, 0.1) is 41.0 Å². The number of aromatic nitrogens is 2. The van der Waals surface area contributed by atoms with Gasteiger partial charge in [0.15, 0.2) is 5.60 Å². The van der Waals surface area contributed by atoms with E-state index in [1.54, 1.807) is 58.2 Å². The molecule has 3 aliphatic rings. The number of cyclic esters (lactones) is 1. The summed E-state index contributed by atoms with van der Waals surface area (Å²) in [6.45, 7) is 9.67. The van der Waals surface area contributed by atoms with Crippen molar-refractivity contribution < 1.29 is 34.1 Å². The first-order valence-electron chi connectivity index (χ1n) is 16.8. The number of amides is 3. The van der Waals surface area contributed by atoms with Crippen LogP contribution in [0.25, 0.3) is 22.3 Å². The van der Waals surface area contributed by atoms with Crippen molar-refractivity contribution in [1.82, 2.24) is 20.2 Å². The number of hydrogen-bond acceptors (Lipinski definition) is 9. The first-order valence-corrected chi connectivity index (χ1v) is 16.8. The first-order chi connectivity index (χ1) is 23.1. The Kier molecular flexibility index (Phi) is 8.64. The van der Waals surface area contributed by atoms with Crippen LogP contribution in [-0.4, -0.2) is 62.1 Å². The van der Waals surface area contributed by atoms with E-state index < -0.39 is 46.8 Å². The van der Waals surface area contributed by atoms with E-state index >= 15 is 0 Å². The zero-order valence-corrected chi connectivity index (χ0v) is 28.7. The Bertz CT molecular complexity index is 1980. The van der Waals surface area contributed by atoms with Crippen LogP contribution in [0.2, 0.25) is 0 Å². The number of aliphatic hydroxyl groups is 2. The summed E-state index contributed by atoms with van der Waals surface area (Å²) in [5.74, 6) is -2.45. The Morgan fingerprint density at radius 2 is 1.76 bits per heavy atom. The van der Waals surface area contributed by atoms with Gasteiger partial charge in [-0.05, 0) is 81.7 Å². The molecule has 2 aromatic heterocycles. The summed E-state index contributed by atoms with van der Waals surface area (Å²) in [6, 6.07) is 3.48. The lowest BCUT2D eigenvalue weighted by atomic mass is 9.85. The Morgan fingerprint density at radius 3 is 2.43 bits per heavy atom. The van der Waals surface area contributed by atoms with Crippen molar-refractivity contribution in [3.05, 3.63) is 56.4 Å². The molecule has 260 valence electrons. The van der Waals surface area contributed by atoms with Gasteiger partial charge in [-0.3, -0.25) is 19.2 Å². The predicted octanol–water partition coefficient (Wildman–Crippen LogP) is 2.17. The maximum atomic E-state index is 13.7. The smallest absolute Gasteiger partial charge is 0.343 e. The molecule has 0 fully saturated rings. The second-order valence-corrected chi connectivity index (χ2v) is 14.3. The van der Waals surface area contributed by atoms with Gasteiger partial charge in [0.25, 0.3) is 5.56 Å². The molecule has 3 amide bonds. The molecule has 4 heterocycles. The van der Waals surface area contributed by atoms with E-state index in [1.807, 2.05) is 6.07 Å². The highest BCUT2D eigenvalue weighted by Gasteiger charge is 2.45. The van der Waals surface area contributed by atoms with Crippen molar-refractivity contribution in [3.8, 4) is 11.4 Å². The summed E-state index contributed by atoms with van der Waals surface area (Å²) in [7, 11) is 0. The molecule has 0 unspecified atom stereocenters. The number of aryl methyl sites for hydroxylation is 2. The van der Waals surface area contributed by atoms with Crippen molar-refractivity contribution in [2.24, 2.45) is 11.3 Å². The molecule has 0 bridgehead atoms. The van der Waals surface area contributed by atoms with Gasteiger partial charge in [-0.1, -0.05) is 20.8 Å². The highest BCUT2D eigenvalue weighted by molar-refractivity contribution is 6.02. The van der Waals surface area contributed by atoms with E-state index in [0.29, 0.717) is 29.0 Å². The average Bonchev–Trinajstić information content (AvgIpc) is 3.45. The van der Waals surface area contributed by atoms with Crippen LogP contribution in [0.3, 0.4) is 0 Å². The minimum Gasteiger partial charge on any atom is -0.458 e. The summed E-state index contributed by atoms with van der Waals surface area (Å²) in [5.41, 5.74) is 2.57. The molecule has 1 aliphatic carbocycles. The summed E-state index contributed by atoms with van der Waals surface area (Å²) >= 11 is 0. The van der Waals surface area contributed by atoms with Crippen LogP contribution in [0.15, 0.2) is 23.0 Å². The third kappa shape index (κ3) is 5.58. The van der Waals surface area contributed by atoms with Crippen LogP contribution in [0.4, 0.5) is 5.69 Å². The maximum absolute atomic E-state index is 13.7. The van der Waals surface area contributed by atoms with E-state index in [2.05, 4.69) is 16.0 Å². The van der Waals surface area contributed by atoms with Gasteiger partial charge in [0, 0.05) is 22.2 Å². The average molecular weight is 674 g/mol. The minimum absolute atomic E-state index is 0.0585. The number of ether oxygens (including phenoxy) is 1. The molecule has 49 heavy (non-hydrogen) atoms. The topological polar surface area (TPSA) is 189 Å². The molecular weight excluding hydrogens is 630 g/mol. The summed E-state index contributed by atoms with van der Waals surface area (Å²) < 4.78 is 6.82. The molecule has 3 atom stereocenters. The first kappa shape index (κ1) is 34.3. The second-order valence-electron chi connectivity index (χ2n) is 14.3. The number of carbonyl (C=O) groups excluding carboxylic acids is 4. The van der Waals surface area contributed by atoms with Gasteiger partial charge in [-0.2, -0.15) is 0 Å². The van der Waals surface area contributed by atoms with E-state index in [9.17, 15) is 34.2 Å². The summed E-state index contributed by atoms with van der Waals surface area (Å²) in [6.07, 6.45) is 2.30. The number of fused-ring (bicyclic) bond motifs is 5. The van der Waals surface area contributed by atoms with Crippen molar-refractivity contribution in [2.75, 3.05) is 11.9 Å². The van der Waals surface area contributed by atoms with Crippen LogP contribution >= 0.6 is 0 Å². The van der Waals surface area contributed by atoms with E-state index in [4.69, 9.17) is 9.72 Å². The van der Waals surface area contributed by atoms with Crippen molar-refractivity contribution in [3.63, 3.8) is 0 Å². The Morgan fingerprint density at radius 1 is 1.04 bits per heavy atom. The van der Waals surface area contributed by atoms with Gasteiger partial charge in [0.1, 0.15) is 18.7 Å². The van der Waals surface area contributed by atoms with E-state index in [1.165, 1.54) is 0 Å². The van der Waals surface area contributed by atoms with Gasteiger partial charge in [0.2, 0.25) is 17.7 Å².